The first-order valence-electron chi connectivity index (χ1n) is 5.18. The van der Waals surface area contributed by atoms with Crippen LogP contribution in [0.25, 0.3) is 22.3 Å². The van der Waals surface area contributed by atoms with E-state index in [1.54, 1.807) is 12.5 Å². The monoisotopic (exact) mass is 208 g/mol. The topological polar surface area (TPSA) is 54.5 Å². The maximum atomic E-state index is 4.36. The maximum absolute atomic E-state index is 4.36. The predicted octanol–water partition coefficient (Wildman–Crippen LogP) is 1.92. The number of aromatic nitrogens is 4. The molecule has 4 heteroatoms. The van der Waals surface area contributed by atoms with E-state index in [1.807, 2.05) is 12.3 Å². The van der Waals surface area contributed by atoms with Crippen LogP contribution in [0.4, 0.5) is 0 Å². The fraction of sp³-hybridized carbons (Fsp3) is 0.0833. The Balaban J connectivity index is 2.15. The number of nitrogens with zero attached hydrogens (tertiary/aromatic N) is 3. The van der Waals surface area contributed by atoms with Crippen molar-refractivity contribution in [1.82, 2.24) is 19.9 Å². The summed E-state index contributed by atoms with van der Waals surface area (Å²) in [5, 5.41) is 1.15. The quantitative estimate of drug-likeness (QED) is 0.480. The van der Waals surface area contributed by atoms with Gasteiger partial charge in [0.25, 0.3) is 0 Å². The second-order valence-electron chi connectivity index (χ2n) is 3.95. The zero-order valence-electron chi connectivity index (χ0n) is 8.44. The predicted molar refractivity (Wildman–Crippen MR) is 59.9 cm³/mol. The van der Waals surface area contributed by atoms with Crippen molar-refractivity contribution in [3.05, 3.63) is 42.1 Å². The maximum Gasteiger partial charge on any atom is 0.138 e. The summed E-state index contributed by atoms with van der Waals surface area (Å²) in [5.74, 6) is 0. The highest BCUT2D eigenvalue weighted by atomic mass is 14.9. The molecule has 0 fully saturated rings. The number of fused-ring (bicyclic) bond motifs is 5. The van der Waals surface area contributed by atoms with Crippen molar-refractivity contribution in [2.75, 3.05) is 0 Å². The standard InChI is InChI=1S/C12H8N4/c1-2-8-10-9(16-12(8)14-3-1)4-7-5-13-6-15-11(7)10/h1-3,5-6H,4H2,(H,14,16). The summed E-state index contributed by atoms with van der Waals surface area (Å²) in [6.07, 6.45) is 6.16. The van der Waals surface area contributed by atoms with Crippen molar-refractivity contribution in [2.24, 2.45) is 0 Å². The van der Waals surface area contributed by atoms with Crippen LogP contribution in [0.15, 0.2) is 30.9 Å². The molecule has 4 rings (SSSR count). The Morgan fingerprint density at radius 1 is 1.25 bits per heavy atom. The van der Waals surface area contributed by atoms with E-state index >= 15 is 0 Å². The molecule has 0 atom stereocenters. The number of nitrogens with one attached hydrogen (secondary N) is 1. The fourth-order valence-corrected chi connectivity index (χ4v) is 2.38. The van der Waals surface area contributed by atoms with Crippen LogP contribution in [0, 0.1) is 0 Å². The van der Waals surface area contributed by atoms with Crippen molar-refractivity contribution in [2.45, 2.75) is 6.42 Å². The first-order chi connectivity index (χ1) is 7.93. The molecule has 3 heterocycles. The molecule has 0 amide bonds. The molecule has 0 aliphatic heterocycles. The van der Waals surface area contributed by atoms with Crippen LogP contribution in [0.2, 0.25) is 0 Å². The minimum absolute atomic E-state index is 0.877. The summed E-state index contributed by atoms with van der Waals surface area (Å²) >= 11 is 0. The lowest BCUT2D eigenvalue weighted by Gasteiger charge is -1.97. The third-order valence-corrected chi connectivity index (χ3v) is 3.04. The summed E-state index contributed by atoms with van der Waals surface area (Å²) in [6, 6.07) is 4.03. The number of H-pyrrole nitrogens is 1. The van der Waals surface area contributed by atoms with Gasteiger partial charge in [-0.1, -0.05) is 0 Å². The van der Waals surface area contributed by atoms with Gasteiger partial charge >= 0.3 is 0 Å². The van der Waals surface area contributed by atoms with Gasteiger partial charge in [-0.15, -0.1) is 0 Å². The molecule has 1 N–H and O–H groups in total. The first kappa shape index (κ1) is 7.98. The Morgan fingerprint density at radius 2 is 2.25 bits per heavy atom. The molecule has 0 spiro atoms. The zero-order chi connectivity index (χ0) is 10.5. The van der Waals surface area contributed by atoms with Crippen molar-refractivity contribution in [3.63, 3.8) is 0 Å². The van der Waals surface area contributed by atoms with E-state index in [1.165, 1.54) is 16.8 Å². The van der Waals surface area contributed by atoms with Gasteiger partial charge in [-0.2, -0.15) is 0 Å². The molecule has 0 saturated carbocycles. The van der Waals surface area contributed by atoms with E-state index in [0.29, 0.717) is 0 Å². The summed E-state index contributed by atoms with van der Waals surface area (Å²) in [7, 11) is 0. The summed E-state index contributed by atoms with van der Waals surface area (Å²) in [4.78, 5) is 16.1. The lowest BCUT2D eigenvalue weighted by atomic mass is 10.1. The van der Waals surface area contributed by atoms with Crippen LogP contribution in [-0.4, -0.2) is 19.9 Å². The van der Waals surface area contributed by atoms with Crippen LogP contribution in [0.5, 0.6) is 0 Å². The van der Waals surface area contributed by atoms with E-state index in [-0.39, 0.29) is 0 Å². The number of rotatable bonds is 0. The Hall–Kier alpha value is -2.23. The molecule has 4 nitrogen and oxygen atoms in total. The van der Waals surface area contributed by atoms with Crippen molar-refractivity contribution in [1.29, 1.82) is 0 Å². The van der Waals surface area contributed by atoms with Gasteiger partial charge in [-0.3, -0.25) is 0 Å². The molecule has 0 radical (unpaired) electrons. The van der Waals surface area contributed by atoms with E-state index in [2.05, 4.69) is 26.0 Å². The molecule has 3 aromatic rings. The first-order valence-corrected chi connectivity index (χ1v) is 5.18. The van der Waals surface area contributed by atoms with Gasteiger partial charge in [0.15, 0.2) is 0 Å². The average molecular weight is 208 g/mol. The molecule has 0 saturated heterocycles. The molecule has 1 aliphatic carbocycles. The third-order valence-electron chi connectivity index (χ3n) is 3.04. The number of hydrogen-bond donors (Lipinski definition) is 1. The molecule has 0 bridgehead atoms. The van der Waals surface area contributed by atoms with Crippen LogP contribution >= 0.6 is 0 Å². The molecule has 0 aromatic carbocycles. The van der Waals surface area contributed by atoms with Gasteiger partial charge in [-0.25, -0.2) is 15.0 Å². The zero-order valence-corrected chi connectivity index (χ0v) is 8.44. The van der Waals surface area contributed by atoms with Crippen molar-refractivity contribution < 1.29 is 0 Å². The minimum atomic E-state index is 0.877. The molecule has 0 unspecified atom stereocenters. The van der Waals surface area contributed by atoms with E-state index in [9.17, 15) is 0 Å². The molecule has 76 valence electrons. The van der Waals surface area contributed by atoms with E-state index in [0.717, 1.165) is 23.1 Å². The van der Waals surface area contributed by atoms with Gasteiger partial charge in [0, 0.05) is 41.0 Å². The summed E-state index contributed by atoms with van der Waals surface area (Å²) in [6.45, 7) is 0. The lowest BCUT2D eigenvalue weighted by molar-refractivity contribution is 1.09. The van der Waals surface area contributed by atoms with Crippen LogP contribution in [0.3, 0.4) is 0 Å². The Kier molecular flexibility index (Phi) is 1.33. The number of aromatic amines is 1. The van der Waals surface area contributed by atoms with Gasteiger partial charge < -0.3 is 4.98 Å². The fourth-order valence-electron chi connectivity index (χ4n) is 2.38. The van der Waals surface area contributed by atoms with E-state index < -0.39 is 0 Å². The SMILES string of the molecule is c1cnc2[nH]c3c(c2c1)-c1ncncc1C3. The Morgan fingerprint density at radius 3 is 3.25 bits per heavy atom. The van der Waals surface area contributed by atoms with Crippen LogP contribution in [0.1, 0.15) is 11.3 Å². The van der Waals surface area contributed by atoms with Gasteiger partial charge in [0.2, 0.25) is 0 Å². The highest BCUT2D eigenvalue weighted by molar-refractivity contribution is 5.97. The van der Waals surface area contributed by atoms with Crippen LogP contribution in [-0.2, 0) is 6.42 Å². The normalized spacial score (nSPS) is 12.8. The van der Waals surface area contributed by atoms with Crippen molar-refractivity contribution in [3.8, 4) is 11.3 Å². The lowest BCUT2D eigenvalue weighted by Crippen LogP contribution is -1.87. The van der Waals surface area contributed by atoms with Gasteiger partial charge in [-0.05, 0) is 12.1 Å². The van der Waals surface area contributed by atoms with Crippen LogP contribution < -0.4 is 0 Å². The number of pyridine rings is 1. The largest absolute Gasteiger partial charge is 0.342 e. The summed E-state index contributed by atoms with van der Waals surface area (Å²) in [5.41, 5.74) is 5.57. The Bertz CT molecular complexity index is 699. The second kappa shape index (κ2) is 2.66. The molecule has 1 aliphatic rings. The third kappa shape index (κ3) is 0.863. The molecular weight excluding hydrogens is 200 g/mol. The second-order valence-corrected chi connectivity index (χ2v) is 3.95. The number of hydrogen-bond acceptors (Lipinski definition) is 3. The molecule has 3 aromatic heterocycles. The van der Waals surface area contributed by atoms with Gasteiger partial charge in [0.1, 0.15) is 12.0 Å². The molecule has 16 heavy (non-hydrogen) atoms. The molecular formula is C12H8N4. The van der Waals surface area contributed by atoms with Crippen molar-refractivity contribution >= 4 is 11.0 Å². The van der Waals surface area contributed by atoms with E-state index in [4.69, 9.17) is 0 Å². The Labute approximate surface area is 91.4 Å². The summed E-state index contributed by atoms with van der Waals surface area (Å²) < 4.78 is 0. The van der Waals surface area contributed by atoms with Gasteiger partial charge in [0.05, 0.1) is 5.69 Å². The highest BCUT2D eigenvalue weighted by Gasteiger charge is 2.24. The smallest absolute Gasteiger partial charge is 0.138 e. The minimum Gasteiger partial charge on any atom is -0.342 e. The highest BCUT2D eigenvalue weighted by Crippen LogP contribution is 2.38. The average Bonchev–Trinajstić information content (AvgIpc) is 2.83.